The van der Waals surface area contributed by atoms with Gasteiger partial charge in [-0.3, -0.25) is 0 Å². The zero-order chi connectivity index (χ0) is 7.83. The summed E-state index contributed by atoms with van der Waals surface area (Å²) in [6, 6.07) is 0. The minimum atomic E-state index is -0.604. The van der Waals surface area contributed by atoms with E-state index in [-0.39, 0.29) is 5.41 Å². The number of rotatable bonds is 0. The van der Waals surface area contributed by atoms with Gasteiger partial charge in [0.25, 0.3) is 0 Å². The summed E-state index contributed by atoms with van der Waals surface area (Å²) in [4.78, 5) is 0. The van der Waals surface area contributed by atoms with Crippen LogP contribution in [0, 0.1) is 17.3 Å². The van der Waals surface area contributed by atoms with Gasteiger partial charge in [0.2, 0.25) is 0 Å². The highest BCUT2D eigenvalue weighted by molar-refractivity contribution is 5.23. The molecule has 1 fully saturated rings. The molecule has 1 rings (SSSR count). The Labute approximate surface area is 62.4 Å². The van der Waals surface area contributed by atoms with Crippen molar-refractivity contribution in [2.24, 2.45) is 5.41 Å². The smallest absolute Gasteiger partial charge is 0.125 e. The summed E-state index contributed by atoms with van der Waals surface area (Å²) in [5.41, 5.74) is -0.578. The normalized spacial score (nSPS) is 21.2. The summed E-state index contributed by atoms with van der Waals surface area (Å²) >= 11 is 0. The van der Waals surface area contributed by atoms with Gasteiger partial charge in [0.05, 0.1) is 0 Å². The molecule has 1 heteroatoms. The Morgan fingerprint density at radius 1 is 1.30 bits per heavy atom. The van der Waals surface area contributed by atoms with Crippen LogP contribution in [-0.2, 0) is 0 Å². The molecular weight excluding hydrogens is 124 g/mol. The Hall–Kier alpha value is -0.480. The molecule has 0 bridgehead atoms. The van der Waals surface area contributed by atoms with Crippen LogP contribution in [0.25, 0.3) is 0 Å². The van der Waals surface area contributed by atoms with E-state index < -0.39 is 5.60 Å². The highest BCUT2D eigenvalue weighted by atomic mass is 16.3. The van der Waals surface area contributed by atoms with E-state index in [1.54, 1.807) is 0 Å². The second-order valence-electron chi connectivity index (χ2n) is 4.03. The van der Waals surface area contributed by atoms with E-state index in [0.717, 1.165) is 12.8 Å². The van der Waals surface area contributed by atoms with Gasteiger partial charge in [-0.25, -0.2) is 0 Å². The number of aliphatic hydroxyl groups is 1. The predicted octanol–water partition coefficient (Wildman–Crippen LogP) is 1.56. The molecule has 0 heterocycles. The van der Waals surface area contributed by atoms with Crippen molar-refractivity contribution in [3.8, 4) is 11.8 Å². The third kappa shape index (κ3) is 2.41. The van der Waals surface area contributed by atoms with Crippen LogP contribution in [0.1, 0.15) is 33.6 Å². The van der Waals surface area contributed by atoms with Crippen LogP contribution in [0.5, 0.6) is 0 Å². The van der Waals surface area contributed by atoms with Crippen LogP contribution in [0.4, 0.5) is 0 Å². The Morgan fingerprint density at radius 3 is 2.10 bits per heavy atom. The van der Waals surface area contributed by atoms with Crippen LogP contribution < -0.4 is 0 Å². The van der Waals surface area contributed by atoms with Gasteiger partial charge < -0.3 is 5.11 Å². The van der Waals surface area contributed by atoms with Crippen molar-refractivity contribution in [3.63, 3.8) is 0 Å². The fourth-order valence-electron chi connectivity index (χ4n) is 0.547. The maximum Gasteiger partial charge on any atom is 0.125 e. The molecule has 0 radical (unpaired) electrons. The van der Waals surface area contributed by atoms with E-state index in [1.165, 1.54) is 0 Å². The molecule has 0 aromatic heterocycles. The minimum absolute atomic E-state index is 0.0261. The lowest BCUT2D eigenvalue weighted by molar-refractivity contribution is 0.211. The molecule has 0 aromatic rings. The lowest BCUT2D eigenvalue weighted by Crippen LogP contribution is -2.06. The van der Waals surface area contributed by atoms with Crippen molar-refractivity contribution >= 4 is 0 Å². The third-order valence-electron chi connectivity index (χ3n) is 1.39. The second kappa shape index (κ2) is 2.00. The van der Waals surface area contributed by atoms with E-state index >= 15 is 0 Å². The molecular formula is C9H14O. The number of hydrogen-bond donors (Lipinski definition) is 1. The van der Waals surface area contributed by atoms with Crippen molar-refractivity contribution in [1.82, 2.24) is 0 Å². The predicted molar refractivity (Wildman–Crippen MR) is 41.4 cm³/mol. The summed E-state index contributed by atoms with van der Waals surface area (Å²) in [5.74, 6) is 5.90. The van der Waals surface area contributed by atoms with Crippen molar-refractivity contribution in [2.75, 3.05) is 0 Å². The highest BCUT2D eigenvalue weighted by Crippen LogP contribution is 2.34. The molecule has 0 atom stereocenters. The van der Waals surface area contributed by atoms with E-state index in [1.807, 2.05) is 20.8 Å². The van der Waals surface area contributed by atoms with E-state index in [9.17, 15) is 5.11 Å². The van der Waals surface area contributed by atoms with Gasteiger partial charge >= 0.3 is 0 Å². The topological polar surface area (TPSA) is 20.2 Å². The van der Waals surface area contributed by atoms with E-state index in [4.69, 9.17) is 0 Å². The molecule has 1 aliphatic carbocycles. The molecule has 0 spiro atoms. The molecule has 0 aromatic carbocycles. The van der Waals surface area contributed by atoms with Gasteiger partial charge in [0.15, 0.2) is 0 Å². The van der Waals surface area contributed by atoms with Crippen molar-refractivity contribution in [3.05, 3.63) is 0 Å². The van der Waals surface area contributed by atoms with Crippen LogP contribution >= 0.6 is 0 Å². The maximum absolute atomic E-state index is 9.32. The van der Waals surface area contributed by atoms with Crippen LogP contribution in [0.2, 0.25) is 0 Å². The van der Waals surface area contributed by atoms with Gasteiger partial charge in [0, 0.05) is 5.41 Å². The Bertz CT molecular complexity index is 174. The summed E-state index contributed by atoms with van der Waals surface area (Å²) in [6.45, 7) is 6.14. The Kier molecular flexibility index (Phi) is 1.53. The fraction of sp³-hybridized carbons (Fsp3) is 0.778. The van der Waals surface area contributed by atoms with Gasteiger partial charge in [0.1, 0.15) is 5.60 Å². The summed E-state index contributed by atoms with van der Waals surface area (Å²) in [6.07, 6.45) is 1.71. The molecule has 1 saturated carbocycles. The standard InChI is InChI=1S/C9H14O/c1-8(2,3)4-5-9(10)6-7-9/h10H,6-7H2,1-3H3. The van der Waals surface area contributed by atoms with Gasteiger partial charge in [-0.05, 0) is 33.6 Å². The molecule has 56 valence electrons. The van der Waals surface area contributed by atoms with Crippen molar-refractivity contribution < 1.29 is 5.11 Å². The minimum Gasteiger partial charge on any atom is -0.378 e. The largest absolute Gasteiger partial charge is 0.378 e. The summed E-state index contributed by atoms with van der Waals surface area (Å²) in [5, 5.41) is 9.32. The monoisotopic (exact) mass is 138 g/mol. The zero-order valence-corrected chi connectivity index (χ0v) is 6.86. The van der Waals surface area contributed by atoms with Crippen molar-refractivity contribution in [1.29, 1.82) is 0 Å². The zero-order valence-electron chi connectivity index (χ0n) is 6.86. The average molecular weight is 138 g/mol. The number of hydrogen-bond acceptors (Lipinski definition) is 1. The summed E-state index contributed by atoms with van der Waals surface area (Å²) < 4.78 is 0. The van der Waals surface area contributed by atoms with Gasteiger partial charge in [-0.15, -0.1) is 0 Å². The molecule has 1 aliphatic rings. The molecule has 0 amide bonds. The first kappa shape index (κ1) is 7.63. The lowest BCUT2D eigenvalue weighted by Gasteiger charge is -2.07. The lowest BCUT2D eigenvalue weighted by atomic mass is 9.97. The Balaban J connectivity index is 2.54. The van der Waals surface area contributed by atoms with Gasteiger partial charge in [-0.2, -0.15) is 0 Å². The maximum atomic E-state index is 9.32. The second-order valence-corrected chi connectivity index (χ2v) is 4.03. The van der Waals surface area contributed by atoms with Crippen molar-refractivity contribution in [2.45, 2.75) is 39.2 Å². The fourth-order valence-corrected chi connectivity index (χ4v) is 0.547. The molecule has 0 unspecified atom stereocenters. The van der Waals surface area contributed by atoms with E-state index in [2.05, 4.69) is 11.8 Å². The average Bonchev–Trinajstić information content (AvgIpc) is 2.43. The summed E-state index contributed by atoms with van der Waals surface area (Å²) in [7, 11) is 0. The first-order valence-electron chi connectivity index (χ1n) is 3.68. The highest BCUT2D eigenvalue weighted by Gasteiger charge is 2.38. The molecule has 0 aliphatic heterocycles. The SMILES string of the molecule is CC(C)(C)C#CC1(O)CC1. The Morgan fingerprint density at radius 2 is 1.80 bits per heavy atom. The first-order chi connectivity index (χ1) is 4.41. The van der Waals surface area contributed by atoms with E-state index in [0.29, 0.717) is 0 Å². The van der Waals surface area contributed by atoms with Crippen LogP contribution in [-0.4, -0.2) is 10.7 Å². The quantitative estimate of drug-likeness (QED) is 0.504. The van der Waals surface area contributed by atoms with Crippen LogP contribution in [0.15, 0.2) is 0 Å². The van der Waals surface area contributed by atoms with Crippen LogP contribution in [0.3, 0.4) is 0 Å². The first-order valence-corrected chi connectivity index (χ1v) is 3.68. The molecule has 0 saturated heterocycles. The molecule has 1 nitrogen and oxygen atoms in total. The third-order valence-corrected chi connectivity index (χ3v) is 1.39. The van der Waals surface area contributed by atoms with Gasteiger partial charge in [-0.1, -0.05) is 11.8 Å². The molecule has 10 heavy (non-hydrogen) atoms. The molecule has 1 N–H and O–H groups in total.